The van der Waals surface area contributed by atoms with Crippen LogP contribution in [0.1, 0.15) is 122 Å². The minimum Gasteiger partial charge on any atom is -0.205 e. The van der Waals surface area contributed by atoms with E-state index in [1.807, 2.05) is 0 Å². The van der Waals surface area contributed by atoms with Gasteiger partial charge in [-0.15, -0.1) is 0 Å². The van der Waals surface area contributed by atoms with Crippen molar-refractivity contribution in [3.8, 4) is 0 Å². The van der Waals surface area contributed by atoms with E-state index in [2.05, 4.69) is 42.9 Å². The van der Waals surface area contributed by atoms with Crippen molar-refractivity contribution >= 4 is 0 Å². The summed E-state index contributed by atoms with van der Waals surface area (Å²) < 4.78 is 2.34. The van der Waals surface area contributed by atoms with Gasteiger partial charge in [0.25, 0.3) is 0 Å². The van der Waals surface area contributed by atoms with Crippen molar-refractivity contribution < 1.29 is 4.57 Å². The molecule has 0 aliphatic carbocycles. The van der Waals surface area contributed by atoms with Crippen LogP contribution in [0.4, 0.5) is 0 Å². The van der Waals surface area contributed by atoms with Gasteiger partial charge in [-0.3, -0.25) is 0 Å². The van der Waals surface area contributed by atoms with E-state index in [0.29, 0.717) is 0 Å². The third kappa shape index (κ3) is 13.4. The number of hydrogen-bond donors (Lipinski definition) is 0. The van der Waals surface area contributed by atoms with Crippen molar-refractivity contribution in [3.63, 3.8) is 0 Å². The second-order valence-electron chi connectivity index (χ2n) is 8.10. The fraction of sp³-hybridized carbons (Fsp3) is 0.800. The van der Waals surface area contributed by atoms with E-state index in [4.69, 9.17) is 0 Å². The van der Waals surface area contributed by atoms with Gasteiger partial charge in [0, 0.05) is 18.6 Å². The molecule has 0 saturated heterocycles. The lowest BCUT2D eigenvalue weighted by Gasteiger charge is -2.03. The fourth-order valence-electron chi connectivity index (χ4n) is 3.72. The summed E-state index contributed by atoms with van der Waals surface area (Å²) in [6.45, 7) is 5.70. The zero-order valence-corrected chi connectivity index (χ0v) is 18.0. The van der Waals surface area contributed by atoms with Crippen LogP contribution in [0.3, 0.4) is 0 Å². The summed E-state index contributed by atoms with van der Waals surface area (Å²) in [5.74, 6) is 0. The van der Waals surface area contributed by atoms with Crippen molar-refractivity contribution in [1.29, 1.82) is 0 Å². The summed E-state index contributed by atoms with van der Waals surface area (Å²) in [5.41, 5.74) is 1.44. The van der Waals surface area contributed by atoms with E-state index >= 15 is 0 Å². The number of nitrogens with zero attached hydrogens (tertiary/aromatic N) is 1. The van der Waals surface area contributed by atoms with Gasteiger partial charge >= 0.3 is 0 Å². The van der Waals surface area contributed by atoms with E-state index in [1.54, 1.807) is 0 Å². The van der Waals surface area contributed by atoms with Gasteiger partial charge in [0.15, 0.2) is 12.4 Å². The van der Waals surface area contributed by atoms with Gasteiger partial charge in [-0.25, -0.2) is 4.57 Å². The lowest BCUT2D eigenvalue weighted by atomic mass is 10.0. The number of unbranched alkanes of at least 4 members (excludes halogenated alkanes) is 15. The van der Waals surface area contributed by atoms with Gasteiger partial charge in [0.05, 0.1) is 0 Å². The summed E-state index contributed by atoms with van der Waals surface area (Å²) in [7, 11) is 0. The Bertz CT molecular complexity index is 395. The van der Waals surface area contributed by atoms with Crippen molar-refractivity contribution in [1.82, 2.24) is 0 Å². The SMILES string of the molecule is CCCCCCCCCCCCCCCCCC[n+]1ccc(CC)cc1. The highest BCUT2D eigenvalue weighted by Gasteiger charge is 2.00. The molecule has 0 aromatic carbocycles. The molecule has 1 nitrogen and oxygen atoms in total. The summed E-state index contributed by atoms with van der Waals surface area (Å²) in [6, 6.07) is 4.51. The first kappa shape index (κ1) is 23.2. The molecule has 0 aliphatic rings. The first-order valence-electron chi connectivity index (χ1n) is 11.8. The Morgan fingerprint density at radius 2 is 0.923 bits per heavy atom. The Morgan fingerprint density at radius 3 is 1.31 bits per heavy atom. The van der Waals surface area contributed by atoms with Crippen LogP contribution in [0.15, 0.2) is 24.5 Å². The Kier molecular flexibility index (Phi) is 15.7. The first-order chi connectivity index (χ1) is 12.9. The molecule has 1 heteroatoms. The Morgan fingerprint density at radius 1 is 0.538 bits per heavy atom. The molecule has 26 heavy (non-hydrogen) atoms. The highest BCUT2D eigenvalue weighted by atomic mass is 14.9. The predicted octanol–water partition coefficient (Wildman–Crippen LogP) is 7.80. The molecule has 0 fully saturated rings. The van der Waals surface area contributed by atoms with E-state index in [1.165, 1.54) is 115 Å². The summed E-state index contributed by atoms with van der Waals surface area (Å²) in [6.07, 6.45) is 28.7. The van der Waals surface area contributed by atoms with Crippen molar-refractivity contribution in [2.45, 2.75) is 130 Å². The van der Waals surface area contributed by atoms with Gasteiger partial charge in [-0.1, -0.05) is 104 Å². The van der Waals surface area contributed by atoms with E-state index in [-0.39, 0.29) is 0 Å². The van der Waals surface area contributed by atoms with Gasteiger partial charge in [0.1, 0.15) is 6.54 Å². The second-order valence-corrected chi connectivity index (χ2v) is 8.10. The predicted molar refractivity (Wildman–Crippen MR) is 116 cm³/mol. The second kappa shape index (κ2) is 17.6. The van der Waals surface area contributed by atoms with Crippen LogP contribution in [0.25, 0.3) is 0 Å². The minimum atomic E-state index is 1.14. The molecular weight excluding hydrogens is 314 g/mol. The molecule has 0 radical (unpaired) electrons. The zero-order valence-electron chi connectivity index (χ0n) is 18.0. The third-order valence-electron chi connectivity index (χ3n) is 5.64. The largest absolute Gasteiger partial charge is 0.205 e. The number of aryl methyl sites for hydroxylation is 2. The molecule has 1 aromatic rings. The Balaban J connectivity index is 1.76. The molecule has 0 saturated carbocycles. The highest BCUT2D eigenvalue weighted by molar-refractivity contribution is 5.06. The molecule has 1 aromatic heterocycles. The van der Waals surface area contributed by atoms with Crippen LogP contribution in [-0.4, -0.2) is 0 Å². The van der Waals surface area contributed by atoms with Crippen LogP contribution < -0.4 is 4.57 Å². The van der Waals surface area contributed by atoms with Gasteiger partial charge < -0.3 is 0 Å². The molecule has 150 valence electrons. The summed E-state index contributed by atoms with van der Waals surface area (Å²) in [4.78, 5) is 0. The van der Waals surface area contributed by atoms with Crippen LogP contribution in [0, 0.1) is 0 Å². The smallest absolute Gasteiger partial charge is 0.169 e. The number of hydrogen-bond acceptors (Lipinski definition) is 0. The molecule has 0 N–H and O–H groups in total. The number of aromatic nitrogens is 1. The van der Waals surface area contributed by atoms with Gasteiger partial charge in [0.2, 0.25) is 0 Å². The van der Waals surface area contributed by atoms with Crippen LogP contribution in [-0.2, 0) is 13.0 Å². The quantitative estimate of drug-likeness (QED) is 0.186. The van der Waals surface area contributed by atoms with Crippen molar-refractivity contribution in [2.24, 2.45) is 0 Å². The minimum absolute atomic E-state index is 1.14. The maximum Gasteiger partial charge on any atom is 0.169 e. The topological polar surface area (TPSA) is 3.88 Å². The maximum atomic E-state index is 2.34. The molecular formula is C25H46N+. The maximum absolute atomic E-state index is 2.34. The summed E-state index contributed by atoms with van der Waals surface area (Å²) >= 11 is 0. The standard InChI is InChI=1S/C25H46N/c1-3-5-6-7-8-9-10-11-12-13-14-15-16-17-18-19-22-26-23-20-25(4-2)21-24-26/h20-21,23-24H,3-19,22H2,1-2H3/q+1. The highest BCUT2D eigenvalue weighted by Crippen LogP contribution is 2.13. The molecule has 1 rings (SSSR count). The van der Waals surface area contributed by atoms with E-state index in [9.17, 15) is 0 Å². The van der Waals surface area contributed by atoms with Crippen molar-refractivity contribution in [2.75, 3.05) is 0 Å². The Labute approximate surface area is 164 Å². The van der Waals surface area contributed by atoms with Crippen LogP contribution in [0.2, 0.25) is 0 Å². The molecule has 0 aliphatic heterocycles. The zero-order chi connectivity index (χ0) is 18.7. The van der Waals surface area contributed by atoms with Gasteiger partial charge in [-0.05, 0) is 18.4 Å². The van der Waals surface area contributed by atoms with Gasteiger partial charge in [-0.2, -0.15) is 0 Å². The number of rotatable bonds is 18. The first-order valence-corrected chi connectivity index (χ1v) is 11.8. The normalized spacial score (nSPS) is 11.2. The summed E-state index contributed by atoms with van der Waals surface area (Å²) in [5, 5.41) is 0. The lowest BCUT2D eigenvalue weighted by molar-refractivity contribution is -0.697. The monoisotopic (exact) mass is 360 g/mol. The lowest BCUT2D eigenvalue weighted by Crippen LogP contribution is -2.32. The average molecular weight is 361 g/mol. The average Bonchev–Trinajstić information content (AvgIpc) is 2.68. The molecule has 0 unspecified atom stereocenters. The number of pyridine rings is 1. The van der Waals surface area contributed by atoms with Crippen molar-refractivity contribution in [3.05, 3.63) is 30.1 Å². The van der Waals surface area contributed by atoms with E-state index in [0.717, 1.165) is 6.42 Å². The molecule has 0 spiro atoms. The van der Waals surface area contributed by atoms with E-state index < -0.39 is 0 Å². The van der Waals surface area contributed by atoms with Crippen LogP contribution in [0.5, 0.6) is 0 Å². The molecule has 0 atom stereocenters. The molecule has 1 heterocycles. The Hall–Kier alpha value is -0.850. The fourth-order valence-corrected chi connectivity index (χ4v) is 3.72. The van der Waals surface area contributed by atoms with Crippen LogP contribution >= 0.6 is 0 Å². The molecule has 0 amide bonds. The molecule has 0 bridgehead atoms. The third-order valence-corrected chi connectivity index (χ3v) is 5.64.